The van der Waals surface area contributed by atoms with E-state index in [2.05, 4.69) is 12.2 Å². The van der Waals surface area contributed by atoms with Crippen molar-refractivity contribution in [3.05, 3.63) is 23.7 Å². The van der Waals surface area contributed by atoms with E-state index in [1.807, 2.05) is 12.1 Å². The largest absolute Gasteiger partial charge is 0.464 e. The molecule has 2 unspecified atom stereocenters. The van der Waals surface area contributed by atoms with Crippen molar-refractivity contribution in [1.29, 1.82) is 0 Å². The van der Waals surface area contributed by atoms with Gasteiger partial charge in [-0.25, -0.2) is 0 Å². The van der Waals surface area contributed by atoms with Crippen LogP contribution in [0.1, 0.15) is 30.8 Å². The highest BCUT2D eigenvalue weighted by Crippen LogP contribution is 2.47. The van der Waals surface area contributed by atoms with Crippen molar-refractivity contribution in [2.45, 2.75) is 32.0 Å². The average molecular weight is 304 g/mol. The van der Waals surface area contributed by atoms with Crippen molar-refractivity contribution < 1.29 is 22.4 Å². The fraction of sp³-hybridized carbons (Fsp3) is 0.643. The molecule has 0 saturated heterocycles. The summed E-state index contributed by atoms with van der Waals surface area (Å²) in [7, 11) is 1.54. The SMILES string of the molecule is CC1CC1c1ccc(CN(C)C(=O)CNCC(F)(F)F)o1. The number of hydrogen-bond donors (Lipinski definition) is 1. The van der Waals surface area contributed by atoms with Crippen LogP contribution >= 0.6 is 0 Å². The minimum Gasteiger partial charge on any atom is -0.464 e. The first-order valence-corrected chi connectivity index (χ1v) is 6.86. The van der Waals surface area contributed by atoms with Crippen molar-refractivity contribution in [3.8, 4) is 0 Å². The number of likely N-dealkylation sites (N-methyl/N-ethyl adjacent to an activating group) is 1. The normalized spacial score (nSPS) is 21.4. The first-order chi connectivity index (χ1) is 9.76. The third-order valence-electron chi connectivity index (χ3n) is 3.58. The van der Waals surface area contributed by atoms with Crippen LogP contribution in [-0.2, 0) is 11.3 Å². The van der Waals surface area contributed by atoms with Gasteiger partial charge in [0, 0.05) is 13.0 Å². The molecule has 21 heavy (non-hydrogen) atoms. The Morgan fingerprint density at radius 3 is 2.71 bits per heavy atom. The third-order valence-corrected chi connectivity index (χ3v) is 3.58. The van der Waals surface area contributed by atoms with Gasteiger partial charge in [-0.15, -0.1) is 0 Å². The molecule has 7 heteroatoms. The van der Waals surface area contributed by atoms with Gasteiger partial charge in [-0.2, -0.15) is 13.2 Å². The first kappa shape index (κ1) is 15.9. The molecule has 1 N–H and O–H groups in total. The number of hydrogen-bond acceptors (Lipinski definition) is 3. The van der Waals surface area contributed by atoms with E-state index in [1.165, 1.54) is 4.90 Å². The Labute approximate surface area is 121 Å². The predicted octanol–water partition coefficient (Wildman–Crippen LogP) is 2.51. The Morgan fingerprint density at radius 2 is 2.14 bits per heavy atom. The highest BCUT2D eigenvalue weighted by molar-refractivity contribution is 5.77. The summed E-state index contributed by atoms with van der Waals surface area (Å²) in [5.74, 6) is 2.27. The van der Waals surface area contributed by atoms with E-state index in [9.17, 15) is 18.0 Å². The summed E-state index contributed by atoms with van der Waals surface area (Å²) in [5.41, 5.74) is 0. The lowest BCUT2D eigenvalue weighted by molar-refractivity contribution is -0.133. The zero-order valence-corrected chi connectivity index (χ0v) is 12.0. The number of furan rings is 1. The number of alkyl halides is 3. The Kier molecular flexibility index (Phi) is 4.61. The third kappa shape index (κ3) is 4.77. The van der Waals surface area contributed by atoms with Crippen molar-refractivity contribution in [3.63, 3.8) is 0 Å². The van der Waals surface area contributed by atoms with E-state index in [4.69, 9.17) is 4.42 Å². The van der Waals surface area contributed by atoms with Crippen molar-refractivity contribution in [2.24, 2.45) is 5.92 Å². The maximum absolute atomic E-state index is 12.0. The monoisotopic (exact) mass is 304 g/mol. The maximum atomic E-state index is 12.0. The molecule has 1 saturated carbocycles. The van der Waals surface area contributed by atoms with Crippen LogP contribution in [0.5, 0.6) is 0 Å². The van der Waals surface area contributed by atoms with Gasteiger partial charge in [0.1, 0.15) is 11.5 Å². The summed E-state index contributed by atoms with van der Waals surface area (Å²) in [6, 6.07) is 3.72. The van der Waals surface area contributed by atoms with Crippen LogP contribution in [0, 0.1) is 5.92 Å². The number of rotatable bonds is 6. The summed E-state index contributed by atoms with van der Waals surface area (Å²) in [4.78, 5) is 13.0. The van der Waals surface area contributed by atoms with Gasteiger partial charge in [0.15, 0.2) is 0 Å². The Hall–Kier alpha value is -1.50. The number of carbonyl (C=O) groups excluding carboxylic acids is 1. The van der Waals surface area contributed by atoms with Crippen LogP contribution < -0.4 is 5.32 Å². The van der Waals surface area contributed by atoms with Gasteiger partial charge in [0.2, 0.25) is 5.91 Å². The summed E-state index contributed by atoms with van der Waals surface area (Å²) in [5, 5.41) is 2.08. The molecule has 0 aliphatic heterocycles. The summed E-state index contributed by atoms with van der Waals surface area (Å²) >= 11 is 0. The van der Waals surface area contributed by atoms with Gasteiger partial charge >= 0.3 is 6.18 Å². The molecule has 1 fully saturated rings. The highest BCUT2D eigenvalue weighted by atomic mass is 19.4. The van der Waals surface area contributed by atoms with Crippen LogP contribution in [0.3, 0.4) is 0 Å². The zero-order chi connectivity index (χ0) is 15.6. The quantitative estimate of drug-likeness (QED) is 0.878. The van der Waals surface area contributed by atoms with E-state index < -0.39 is 18.6 Å². The predicted molar refractivity (Wildman–Crippen MR) is 70.6 cm³/mol. The van der Waals surface area contributed by atoms with E-state index in [0.717, 1.165) is 12.2 Å². The lowest BCUT2D eigenvalue weighted by Gasteiger charge is -2.16. The fourth-order valence-corrected chi connectivity index (χ4v) is 2.17. The fourth-order valence-electron chi connectivity index (χ4n) is 2.17. The number of carbonyl (C=O) groups is 1. The number of nitrogens with one attached hydrogen (secondary N) is 1. The number of amides is 1. The molecule has 0 bridgehead atoms. The number of halogens is 3. The molecular formula is C14H19F3N2O2. The van der Waals surface area contributed by atoms with E-state index >= 15 is 0 Å². The molecule has 0 radical (unpaired) electrons. The summed E-state index contributed by atoms with van der Waals surface area (Å²) in [6.07, 6.45) is -3.20. The van der Waals surface area contributed by atoms with E-state index in [1.54, 1.807) is 7.05 Å². The van der Waals surface area contributed by atoms with E-state index in [-0.39, 0.29) is 13.1 Å². The Balaban J connectivity index is 1.76. The van der Waals surface area contributed by atoms with Gasteiger partial charge in [0.25, 0.3) is 0 Å². The number of nitrogens with zero attached hydrogens (tertiary/aromatic N) is 1. The van der Waals surface area contributed by atoms with Gasteiger partial charge < -0.3 is 14.6 Å². The molecule has 1 aliphatic rings. The minimum absolute atomic E-state index is 0.258. The molecule has 118 valence electrons. The van der Waals surface area contributed by atoms with Crippen molar-refractivity contribution in [1.82, 2.24) is 10.2 Å². The van der Waals surface area contributed by atoms with Crippen LogP contribution in [0.2, 0.25) is 0 Å². The standard InChI is InChI=1S/C14H19F3N2O2/c1-9-5-11(9)12-4-3-10(21-12)7-19(2)13(20)6-18-8-14(15,16)17/h3-4,9,11,18H,5-8H2,1-2H3. The molecule has 2 atom stereocenters. The lowest BCUT2D eigenvalue weighted by Crippen LogP contribution is -2.38. The summed E-state index contributed by atoms with van der Waals surface area (Å²) in [6.45, 7) is 0.892. The molecular weight excluding hydrogens is 285 g/mol. The topological polar surface area (TPSA) is 45.5 Å². The molecule has 1 aromatic heterocycles. The van der Waals surface area contributed by atoms with Gasteiger partial charge in [0.05, 0.1) is 19.6 Å². The van der Waals surface area contributed by atoms with Crippen molar-refractivity contribution >= 4 is 5.91 Å². The lowest BCUT2D eigenvalue weighted by atomic mass is 10.3. The second-order valence-corrected chi connectivity index (χ2v) is 5.59. The van der Waals surface area contributed by atoms with Gasteiger partial charge in [-0.3, -0.25) is 4.79 Å². The Bertz CT molecular complexity index is 499. The maximum Gasteiger partial charge on any atom is 0.401 e. The molecule has 1 aliphatic carbocycles. The van der Waals surface area contributed by atoms with Gasteiger partial charge in [-0.1, -0.05) is 6.92 Å². The minimum atomic E-state index is -4.31. The highest BCUT2D eigenvalue weighted by Gasteiger charge is 2.36. The van der Waals surface area contributed by atoms with Crippen LogP contribution in [0.4, 0.5) is 13.2 Å². The first-order valence-electron chi connectivity index (χ1n) is 6.86. The van der Waals surface area contributed by atoms with Gasteiger partial charge in [-0.05, 0) is 24.5 Å². The second kappa shape index (κ2) is 6.09. The summed E-state index contributed by atoms with van der Waals surface area (Å²) < 4.78 is 41.6. The molecule has 1 amide bonds. The molecule has 2 rings (SSSR count). The zero-order valence-electron chi connectivity index (χ0n) is 12.0. The molecule has 4 nitrogen and oxygen atoms in total. The van der Waals surface area contributed by atoms with E-state index in [0.29, 0.717) is 17.6 Å². The van der Waals surface area contributed by atoms with Crippen molar-refractivity contribution in [2.75, 3.05) is 20.1 Å². The average Bonchev–Trinajstić information content (AvgIpc) is 2.92. The second-order valence-electron chi connectivity index (χ2n) is 5.59. The molecule has 1 aromatic rings. The molecule has 0 spiro atoms. The van der Waals surface area contributed by atoms with Crippen LogP contribution in [-0.4, -0.2) is 37.1 Å². The van der Waals surface area contributed by atoms with Crippen LogP contribution in [0.25, 0.3) is 0 Å². The Morgan fingerprint density at radius 1 is 1.48 bits per heavy atom. The van der Waals surface area contributed by atoms with Crippen LogP contribution in [0.15, 0.2) is 16.5 Å². The molecule has 0 aromatic carbocycles. The smallest absolute Gasteiger partial charge is 0.401 e. The molecule has 1 heterocycles.